The van der Waals surface area contributed by atoms with Crippen LogP contribution in [0.5, 0.6) is 0 Å². The molecule has 1 saturated carbocycles. The van der Waals surface area contributed by atoms with Crippen molar-refractivity contribution in [1.82, 2.24) is 25.3 Å². The van der Waals surface area contributed by atoms with Gasteiger partial charge in [0.25, 0.3) is 5.91 Å². The highest BCUT2D eigenvalue weighted by Crippen LogP contribution is 2.40. The first-order valence-electron chi connectivity index (χ1n) is 13.6. The van der Waals surface area contributed by atoms with Crippen LogP contribution in [-0.2, 0) is 4.79 Å². The van der Waals surface area contributed by atoms with Crippen LogP contribution in [0.1, 0.15) is 65.5 Å². The van der Waals surface area contributed by atoms with Crippen LogP contribution in [0.2, 0.25) is 0 Å². The van der Waals surface area contributed by atoms with Gasteiger partial charge in [-0.2, -0.15) is 10.4 Å². The predicted molar refractivity (Wildman–Crippen MR) is 144 cm³/mol. The van der Waals surface area contributed by atoms with Gasteiger partial charge in [-0.3, -0.25) is 14.3 Å². The van der Waals surface area contributed by atoms with Gasteiger partial charge in [0.1, 0.15) is 11.9 Å². The zero-order valence-corrected chi connectivity index (χ0v) is 21.8. The van der Waals surface area contributed by atoms with Gasteiger partial charge >= 0.3 is 0 Å². The van der Waals surface area contributed by atoms with E-state index in [0.717, 1.165) is 37.8 Å². The molecule has 1 aromatic heterocycles. The molecule has 1 aliphatic heterocycles. The van der Waals surface area contributed by atoms with Gasteiger partial charge in [0.2, 0.25) is 5.91 Å². The number of hydrogen-bond donors (Lipinski definition) is 2. The van der Waals surface area contributed by atoms with Crippen molar-refractivity contribution in [1.29, 1.82) is 5.26 Å². The summed E-state index contributed by atoms with van der Waals surface area (Å²) in [7, 11) is 0. The van der Waals surface area contributed by atoms with E-state index < -0.39 is 6.04 Å². The van der Waals surface area contributed by atoms with E-state index in [1.807, 2.05) is 34.0 Å². The molecule has 0 spiro atoms. The molecule has 2 aliphatic rings. The van der Waals surface area contributed by atoms with Crippen LogP contribution in [0.15, 0.2) is 67.0 Å². The molecule has 2 heterocycles. The Balaban J connectivity index is 1.16. The maximum atomic E-state index is 13.6. The number of nitrogens with zero attached hydrogens (tertiary/aromatic N) is 4. The number of nitrogens with one attached hydrogen (secondary N) is 2. The molecule has 0 unspecified atom stereocenters. The molecule has 3 atom stereocenters. The number of halogens is 1. The molecule has 5 rings (SSSR count). The van der Waals surface area contributed by atoms with Crippen molar-refractivity contribution in [3.05, 3.63) is 89.5 Å². The normalized spacial score (nSPS) is 19.7. The average molecular weight is 529 g/mol. The minimum atomic E-state index is -0.636. The minimum absolute atomic E-state index is 0.0634. The summed E-state index contributed by atoms with van der Waals surface area (Å²) in [5, 5.41) is 19.9. The Labute approximate surface area is 227 Å². The number of carbonyl (C=O) groups is 2. The molecule has 1 saturated heterocycles. The van der Waals surface area contributed by atoms with Gasteiger partial charge in [0, 0.05) is 43.0 Å². The van der Waals surface area contributed by atoms with Crippen molar-refractivity contribution in [2.75, 3.05) is 19.6 Å². The highest BCUT2D eigenvalue weighted by atomic mass is 19.1. The van der Waals surface area contributed by atoms with E-state index in [9.17, 15) is 14.0 Å². The van der Waals surface area contributed by atoms with Crippen LogP contribution in [-0.4, -0.2) is 58.2 Å². The fraction of sp³-hybridized carbons (Fsp3) is 0.400. The third-order valence-corrected chi connectivity index (χ3v) is 7.72. The Hall–Kier alpha value is -4.03. The summed E-state index contributed by atoms with van der Waals surface area (Å²) >= 11 is 0. The second-order valence-electron chi connectivity index (χ2n) is 10.4. The highest BCUT2D eigenvalue weighted by Gasteiger charge is 2.37. The van der Waals surface area contributed by atoms with Crippen LogP contribution < -0.4 is 10.6 Å². The van der Waals surface area contributed by atoms with Gasteiger partial charge in [-0.05, 0) is 86.7 Å². The van der Waals surface area contributed by atoms with Crippen LogP contribution in [0, 0.1) is 17.1 Å². The van der Waals surface area contributed by atoms with Gasteiger partial charge in [-0.25, -0.2) is 4.39 Å². The Bertz CT molecular complexity index is 1290. The Morgan fingerprint density at radius 1 is 1.10 bits per heavy atom. The van der Waals surface area contributed by atoms with E-state index in [0.29, 0.717) is 42.6 Å². The summed E-state index contributed by atoms with van der Waals surface area (Å²) in [6.07, 6.45) is 7.60. The standard InChI is InChI=1S/C30H33FN6O2/c31-24-10-8-22(9-11-24)26-19-28(26)33-14-1-3-27(35-29(38)23-6-4-21(20-32)5-7-23)30(39)36-17-12-25(13-18-36)37-16-2-15-34-37/h2,4-11,15-16,25-28,33H,1,3,12-14,17-19H2,(H,35,38)/t26-,27-,28+/m0/s1. The smallest absolute Gasteiger partial charge is 0.251 e. The molecule has 1 aliphatic carbocycles. The number of amides is 2. The predicted octanol–water partition coefficient (Wildman–Crippen LogP) is 3.78. The van der Waals surface area contributed by atoms with Gasteiger partial charge in [-0.15, -0.1) is 0 Å². The van der Waals surface area contributed by atoms with Crippen molar-refractivity contribution in [3.8, 4) is 6.07 Å². The Kier molecular flexibility index (Phi) is 8.33. The van der Waals surface area contributed by atoms with Crippen LogP contribution in [0.25, 0.3) is 0 Å². The number of rotatable bonds is 10. The summed E-state index contributed by atoms with van der Waals surface area (Å²) in [4.78, 5) is 28.4. The number of carbonyl (C=O) groups excluding carboxylic acids is 2. The molecule has 9 heteroatoms. The maximum Gasteiger partial charge on any atom is 0.251 e. The molecule has 0 bridgehead atoms. The first-order valence-corrected chi connectivity index (χ1v) is 13.6. The topological polar surface area (TPSA) is 103 Å². The first kappa shape index (κ1) is 26.6. The molecule has 8 nitrogen and oxygen atoms in total. The molecular formula is C30H33FN6O2. The van der Waals surface area contributed by atoms with Crippen molar-refractivity contribution < 1.29 is 14.0 Å². The molecule has 39 heavy (non-hydrogen) atoms. The van der Waals surface area contributed by atoms with Gasteiger partial charge in [0.05, 0.1) is 17.7 Å². The fourth-order valence-corrected chi connectivity index (χ4v) is 5.36. The molecule has 2 fully saturated rings. The number of aromatic nitrogens is 2. The molecule has 2 aromatic carbocycles. The first-order chi connectivity index (χ1) is 19.0. The summed E-state index contributed by atoms with van der Waals surface area (Å²) in [6.45, 7) is 1.96. The number of nitriles is 1. The quantitative estimate of drug-likeness (QED) is 0.390. The van der Waals surface area contributed by atoms with Crippen LogP contribution in [0.4, 0.5) is 4.39 Å². The van der Waals surface area contributed by atoms with Crippen molar-refractivity contribution in [2.24, 2.45) is 0 Å². The lowest BCUT2D eigenvalue weighted by atomic mass is 10.0. The van der Waals surface area contributed by atoms with E-state index in [2.05, 4.69) is 21.8 Å². The Morgan fingerprint density at radius 2 is 1.85 bits per heavy atom. The lowest BCUT2D eigenvalue weighted by Gasteiger charge is -2.34. The van der Waals surface area contributed by atoms with E-state index in [-0.39, 0.29) is 23.7 Å². The molecular weight excluding hydrogens is 495 g/mol. The van der Waals surface area contributed by atoms with Crippen molar-refractivity contribution in [2.45, 2.75) is 56.1 Å². The molecule has 202 valence electrons. The number of likely N-dealkylation sites (tertiary alicyclic amines) is 1. The number of piperidine rings is 1. The summed E-state index contributed by atoms with van der Waals surface area (Å²) in [6, 6.07) is 17.0. The zero-order valence-electron chi connectivity index (χ0n) is 21.8. The Morgan fingerprint density at radius 3 is 2.51 bits per heavy atom. The van der Waals surface area contributed by atoms with Gasteiger partial charge in [-0.1, -0.05) is 12.1 Å². The summed E-state index contributed by atoms with van der Waals surface area (Å²) in [5.74, 6) is -0.231. The highest BCUT2D eigenvalue weighted by molar-refractivity contribution is 5.97. The largest absolute Gasteiger partial charge is 0.341 e. The monoisotopic (exact) mass is 528 g/mol. The maximum absolute atomic E-state index is 13.6. The van der Waals surface area contributed by atoms with E-state index in [1.54, 1.807) is 30.5 Å². The SMILES string of the molecule is N#Cc1ccc(C(=O)N[C@@H](CCCN[C@@H]2C[C@H]2c2ccc(F)cc2)C(=O)N2CCC(n3cccn3)CC2)cc1. The van der Waals surface area contributed by atoms with Gasteiger partial charge < -0.3 is 15.5 Å². The third kappa shape index (κ3) is 6.70. The van der Waals surface area contributed by atoms with Crippen molar-refractivity contribution in [3.63, 3.8) is 0 Å². The number of benzene rings is 2. The van der Waals surface area contributed by atoms with E-state index in [4.69, 9.17) is 5.26 Å². The van der Waals surface area contributed by atoms with E-state index in [1.165, 1.54) is 12.1 Å². The average Bonchev–Trinajstić information content (AvgIpc) is 3.53. The third-order valence-electron chi connectivity index (χ3n) is 7.72. The van der Waals surface area contributed by atoms with Crippen LogP contribution >= 0.6 is 0 Å². The summed E-state index contributed by atoms with van der Waals surface area (Å²) < 4.78 is 15.2. The molecule has 3 aromatic rings. The van der Waals surface area contributed by atoms with Crippen molar-refractivity contribution >= 4 is 11.8 Å². The molecule has 2 amide bonds. The summed E-state index contributed by atoms with van der Waals surface area (Å²) in [5.41, 5.74) is 2.03. The van der Waals surface area contributed by atoms with Gasteiger partial charge in [0.15, 0.2) is 0 Å². The minimum Gasteiger partial charge on any atom is -0.341 e. The van der Waals surface area contributed by atoms with Crippen LogP contribution in [0.3, 0.4) is 0 Å². The second-order valence-corrected chi connectivity index (χ2v) is 10.4. The fourth-order valence-electron chi connectivity index (χ4n) is 5.36. The zero-order chi connectivity index (χ0) is 27.2. The van der Waals surface area contributed by atoms with E-state index >= 15 is 0 Å². The lowest BCUT2D eigenvalue weighted by Crippen LogP contribution is -2.51. The second kappa shape index (κ2) is 12.2. The molecule has 0 radical (unpaired) electrons. The lowest BCUT2D eigenvalue weighted by molar-refractivity contribution is -0.134. The number of hydrogen-bond acceptors (Lipinski definition) is 5. The molecule has 2 N–H and O–H groups in total.